The monoisotopic (exact) mass is 524 g/mol. The first kappa shape index (κ1) is 24.0. The minimum atomic E-state index is -0.545. The van der Waals surface area contributed by atoms with Crippen molar-refractivity contribution >= 4 is 16.7 Å². The van der Waals surface area contributed by atoms with Gasteiger partial charge in [0.25, 0.3) is 0 Å². The molecule has 8 rings (SSSR count). The van der Waals surface area contributed by atoms with Crippen molar-refractivity contribution in [2.45, 2.75) is 63.3 Å². The van der Waals surface area contributed by atoms with Crippen molar-refractivity contribution in [3.63, 3.8) is 0 Å². The number of carbonyl (C=O) groups is 1. The van der Waals surface area contributed by atoms with Crippen molar-refractivity contribution < 1.29 is 23.7 Å². The number of carbonyl (C=O) groups excluding carboxylic acids is 1. The van der Waals surface area contributed by atoms with Crippen molar-refractivity contribution in [3.8, 4) is 16.9 Å². The van der Waals surface area contributed by atoms with Gasteiger partial charge in [-0.15, -0.1) is 0 Å². The zero-order valence-electron chi connectivity index (χ0n) is 23.0. The van der Waals surface area contributed by atoms with Crippen LogP contribution in [0.4, 0.5) is 0 Å². The molecule has 39 heavy (non-hydrogen) atoms. The Balaban J connectivity index is 1.15. The molecule has 1 aliphatic heterocycles. The van der Waals surface area contributed by atoms with Gasteiger partial charge in [-0.05, 0) is 121 Å². The van der Waals surface area contributed by atoms with Gasteiger partial charge in [-0.2, -0.15) is 0 Å². The fourth-order valence-corrected chi connectivity index (χ4v) is 9.34. The molecule has 0 radical (unpaired) electrons. The van der Waals surface area contributed by atoms with E-state index in [2.05, 4.69) is 36.4 Å². The molecule has 5 aliphatic rings. The van der Waals surface area contributed by atoms with Crippen molar-refractivity contribution in [1.82, 2.24) is 0 Å². The number of hydrogen-bond donors (Lipinski definition) is 0. The van der Waals surface area contributed by atoms with Crippen LogP contribution in [-0.4, -0.2) is 38.2 Å². The number of rotatable bonds is 6. The fraction of sp³-hybridized carbons (Fsp3) is 0.500. The molecule has 2 bridgehead atoms. The second-order valence-electron chi connectivity index (χ2n) is 13.3. The highest BCUT2D eigenvalue weighted by Crippen LogP contribution is 2.84. The summed E-state index contributed by atoms with van der Waals surface area (Å²) in [5.41, 5.74) is 5.25. The molecule has 1 heterocycles. The van der Waals surface area contributed by atoms with E-state index < -0.39 is 5.79 Å². The van der Waals surface area contributed by atoms with Crippen LogP contribution >= 0.6 is 0 Å². The third-order valence-electron chi connectivity index (χ3n) is 11.0. The summed E-state index contributed by atoms with van der Waals surface area (Å²) in [6.45, 7) is 4.99. The Kier molecular flexibility index (Phi) is 4.96. The van der Waals surface area contributed by atoms with Crippen LogP contribution in [0, 0.1) is 23.2 Å². The topological polar surface area (TPSA) is 54.0 Å². The van der Waals surface area contributed by atoms with Crippen LogP contribution in [-0.2, 0) is 19.6 Å². The minimum Gasteiger partial charge on any atom is -0.490 e. The van der Waals surface area contributed by atoms with Crippen LogP contribution in [0.2, 0.25) is 0 Å². The molecule has 0 N–H and O–H groups in total. The zero-order chi connectivity index (χ0) is 26.6. The van der Waals surface area contributed by atoms with Gasteiger partial charge >= 0.3 is 5.97 Å². The summed E-state index contributed by atoms with van der Waals surface area (Å²) in [6.07, 6.45) is 6.78. The summed E-state index contributed by atoms with van der Waals surface area (Å²) in [7, 11) is 1.42. The number of fused-ring (bicyclic) bond motifs is 2. The first-order valence-corrected chi connectivity index (χ1v) is 14.5. The van der Waals surface area contributed by atoms with Gasteiger partial charge in [0.2, 0.25) is 0 Å². The number of methoxy groups -OCH3 is 1. The van der Waals surface area contributed by atoms with Crippen molar-refractivity contribution in [3.05, 3.63) is 65.7 Å². The molecule has 4 saturated carbocycles. The van der Waals surface area contributed by atoms with E-state index in [4.69, 9.17) is 18.9 Å². The van der Waals surface area contributed by atoms with Gasteiger partial charge in [-0.3, -0.25) is 0 Å². The van der Waals surface area contributed by atoms with E-state index in [9.17, 15) is 4.79 Å². The average molecular weight is 525 g/mol. The molecule has 1 saturated heterocycles. The highest BCUT2D eigenvalue weighted by molar-refractivity contribution is 5.96. The van der Waals surface area contributed by atoms with Gasteiger partial charge in [0.15, 0.2) is 5.79 Å². The predicted molar refractivity (Wildman–Crippen MR) is 149 cm³/mol. The van der Waals surface area contributed by atoms with Crippen LogP contribution in [0.15, 0.2) is 54.6 Å². The van der Waals surface area contributed by atoms with Crippen molar-refractivity contribution in [1.29, 1.82) is 0 Å². The third-order valence-corrected chi connectivity index (χ3v) is 11.0. The molecule has 3 aromatic carbocycles. The first-order chi connectivity index (χ1) is 18.8. The maximum absolute atomic E-state index is 12.0. The molecular formula is C34H36O5. The summed E-state index contributed by atoms with van der Waals surface area (Å²) in [6, 6.07) is 19.1. The highest BCUT2D eigenvalue weighted by atomic mass is 16.7. The molecule has 5 fully saturated rings. The van der Waals surface area contributed by atoms with E-state index in [1.54, 1.807) is 0 Å². The van der Waals surface area contributed by atoms with E-state index >= 15 is 0 Å². The summed E-state index contributed by atoms with van der Waals surface area (Å²) in [5, 5.41) is 2.15. The number of esters is 1. The summed E-state index contributed by atoms with van der Waals surface area (Å²) in [4.78, 5) is 12.0. The zero-order valence-corrected chi connectivity index (χ0v) is 23.0. The Bertz CT molecular complexity index is 1490. The maximum atomic E-state index is 12.0. The smallest absolute Gasteiger partial charge is 0.337 e. The van der Waals surface area contributed by atoms with Gasteiger partial charge in [0, 0.05) is 11.0 Å². The van der Waals surface area contributed by atoms with Gasteiger partial charge in [-0.25, -0.2) is 4.79 Å². The molecule has 3 unspecified atom stereocenters. The highest BCUT2D eigenvalue weighted by Gasteiger charge is 2.77. The van der Waals surface area contributed by atoms with E-state index in [1.807, 2.05) is 32.0 Å². The summed E-state index contributed by atoms with van der Waals surface area (Å²) >= 11 is 0. The molecule has 3 aromatic rings. The minimum absolute atomic E-state index is 0.0529. The molecule has 0 amide bonds. The van der Waals surface area contributed by atoms with E-state index in [-0.39, 0.29) is 17.5 Å². The van der Waals surface area contributed by atoms with Gasteiger partial charge in [0.1, 0.15) is 18.5 Å². The van der Waals surface area contributed by atoms with E-state index in [1.165, 1.54) is 55.9 Å². The molecular weight excluding hydrogens is 488 g/mol. The molecule has 5 heteroatoms. The number of ether oxygens (including phenoxy) is 4. The van der Waals surface area contributed by atoms with Crippen LogP contribution in [0.1, 0.15) is 61.9 Å². The quantitative estimate of drug-likeness (QED) is 0.328. The Hall–Kier alpha value is -2.89. The number of benzene rings is 3. The fourth-order valence-electron chi connectivity index (χ4n) is 9.34. The van der Waals surface area contributed by atoms with Crippen LogP contribution in [0.5, 0.6) is 5.75 Å². The molecule has 1 spiro atoms. The normalized spacial score (nSPS) is 34.8. The van der Waals surface area contributed by atoms with E-state index in [0.717, 1.165) is 34.3 Å². The van der Waals surface area contributed by atoms with E-state index in [0.29, 0.717) is 24.2 Å². The lowest BCUT2D eigenvalue weighted by molar-refractivity contribution is -0.175. The molecule has 3 atom stereocenters. The lowest BCUT2D eigenvalue weighted by Crippen LogP contribution is -2.59. The third kappa shape index (κ3) is 3.42. The number of hydrogen-bond acceptors (Lipinski definition) is 5. The second kappa shape index (κ2) is 8.08. The van der Waals surface area contributed by atoms with Crippen LogP contribution < -0.4 is 4.74 Å². The van der Waals surface area contributed by atoms with Crippen LogP contribution in [0.25, 0.3) is 21.9 Å². The standard InChI is InChI=1S/C34H36O5/c1-32(2)38-18-28(39-32)17-37-30-9-8-23(21-4-5-22-11-24(31(35)36-3)7-6-20(22)10-21)12-29(30)33-15-26-13-25-14-27(16-33)34(25,26)19-33/h4-12,25-28H,13-19H2,1-3H3. The Morgan fingerprint density at radius 3 is 2.33 bits per heavy atom. The van der Waals surface area contributed by atoms with Gasteiger partial charge in [-0.1, -0.05) is 24.3 Å². The SMILES string of the molecule is COC(=O)c1ccc2cc(-c3ccc(OCC4COC(C)(C)O4)c(C45CC6CC7CC(C4)C76C5)c3)ccc2c1. The Labute approximate surface area is 229 Å². The lowest BCUT2D eigenvalue weighted by atomic mass is 9.38. The van der Waals surface area contributed by atoms with Gasteiger partial charge < -0.3 is 18.9 Å². The average Bonchev–Trinajstić information content (AvgIpc) is 3.56. The second-order valence-corrected chi connectivity index (χ2v) is 13.3. The molecule has 4 aliphatic carbocycles. The lowest BCUT2D eigenvalue weighted by Gasteiger charge is -2.66. The van der Waals surface area contributed by atoms with Crippen molar-refractivity contribution in [2.75, 3.05) is 20.3 Å². The predicted octanol–water partition coefficient (Wildman–Crippen LogP) is 6.90. The summed E-state index contributed by atoms with van der Waals surface area (Å²) in [5.74, 6) is 2.96. The Morgan fingerprint density at radius 2 is 1.64 bits per heavy atom. The molecule has 5 nitrogen and oxygen atoms in total. The maximum Gasteiger partial charge on any atom is 0.337 e. The molecule has 0 aromatic heterocycles. The summed E-state index contributed by atoms with van der Waals surface area (Å²) < 4.78 is 23.3. The first-order valence-electron chi connectivity index (χ1n) is 14.5. The van der Waals surface area contributed by atoms with Gasteiger partial charge in [0.05, 0.1) is 19.3 Å². The van der Waals surface area contributed by atoms with Crippen LogP contribution in [0.3, 0.4) is 0 Å². The van der Waals surface area contributed by atoms with Crippen molar-refractivity contribution in [2.24, 2.45) is 23.2 Å². The largest absolute Gasteiger partial charge is 0.490 e. The Morgan fingerprint density at radius 1 is 0.923 bits per heavy atom. The molecule has 202 valence electrons.